The second-order valence-corrected chi connectivity index (χ2v) is 3.90. The minimum Gasteiger partial charge on any atom is -0.476 e. The molecule has 0 spiro atoms. The summed E-state index contributed by atoms with van der Waals surface area (Å²) in [6.07, 6.45) is 1.11. The molecule has 0 aliphatic heterocycles. The number of anilines is 1. The first kappa shape index (κ1) is 12.7. The molecule has 98 valence electrons. The molecule has 2 rings (SSSR count). The lowest BCUT2D eigenvalue weighted by Crippen LogP contribution is -2.26. The van der Waals surface area contributed by atoms with Crippen LogP contribution in [-0.2, 0) is 4.79 Å². The van der Waals surface area contributed by atoms with E-state index in [1.807, 2.05) is 6.07 Å². The van der Waals surface area contributed by atoms with Gasteiger partial charge in [-0.3, -0.25) is 4.79 Å². The molecule has 1 unspecified atom stereocenters. The number of carboxylic acids is 1. The number of hydrogen-bond donors (Lipinski definition) is 2. The summed E-state index contributed by atoms with van der Waals surface area (Å²) in [4.78, 5) is 22.9. The third kappa shape index (κ3) is 2.76. The first-order valence-electron chi connectivity index (χ1n) is 5.59. The van der Waals surface area contributed by atoms with Crippen molar-refractivity contribution in [3.05, 3.63) is 42.2 Å². The van der Waals surface area contributed by atoms with Crippen molar-refractivity contribution in [3.8, 4) is 0 Å². The summed E-state index contributed by atoms with van der Waals surface area (Å²) in [7, 11) is 0. The normalized spacial score (nSPS) is 11.8. The Morgan fingerprint density at radius 3 is 2.63 bits per heavy atom. The van der Waals surface area contributed by atoms with Crippen LogP contribution < -0.4 is 5.32 Å². The minimum atomic E-state index is -1.18. The maximum absolute atomic E-state index is 12.0. The van der Waals surface area contributed by atoms with Crippen LogP contribution in [0, 0.1) is 0 Å². The van der Waals surface area contributed by atoms with E-state index in [0.29, 0.717) is 5.69 Å². The van der Waals surface area contributed by atoms with Crippen molar-refractivity contribution >= 4 is 17.6 Å². The molecule has 1 aromatic carbocycles. The van der Waals surface area contributed by atoms with Crippen LogP contribution in [-0.4, -0.2) is 32.0 Å². The van der Waals surface area contributed by atoms with Crippen LogP contribution in [0.4, 0.5) is 5.69 Å². The molecular formula is C12H12N4O3. The third-order valence-corrected chi connectivity index (χ3v) is 2.58. The first-order valence-corrected chi connectivity index (χ1v) is 5.59. The number of nitrogens with zero attached hydrogens (tertiary/aromatic N) is 3. The average molecular weight is 260 g/mol. The molecule has 0 radical (unpaired) electrons. The Balaban J connectivity index is 2.15. The summed E-state index contributed by atoms with van der Waals surface area (Å²) in [6.45, 7) is 1.55. The molecule has 7 nitrogen and oxygen atoms in total. The highest BCUT2D eigenvalue weighted by Gasteiger charge is 2.22. The Labute approximate surface area is 108 Å². The third-order valence-electron chi connectivity index (χ3n) is 2.58. The van der Waals surface area contributed by atoms with E-state index in [1.54, 1.807) is 31.2 Å². The molecule has 2 aromatic rings. The van der Waals surface area contributed by atoms with Gasteiger partial charge in [0.1, 0.15) is 6.04 Å². The van der Waals surface area contributed by atoms with Crippen LogP contribution in [0.3, 0.4) is 0 Å². The zero-order valence-electron chi connectivity index (χ0n) is 10.1. The van der Waals surface area contributed by atoms with Gasteiger partial charge in [0.05, 0.1) is 6.20 Å². The fraction of sp³-hybridized carbons (Fsp3) is 0.167. The fourth-order valence-electron chi connectivity index (χ4n) is 1.56. The van der Waals surface area contributed by atoms with Crippen LogP contribution in [0.15, 0.2) is 36.5 Å². The minimum absolute atomic E-state index is 0.129. The lowest BCUT2D eigenvalue weighted by molar-refractivity contribution is -0.119. The Kier molecular flexibility index (Phi) is 3.56. The molecule has 0 aliphatic carbocycles. The van der Waals surface area contributed by atoms with E-state index in [9.17, 15) is 9.59 Å². The molecule has 2 N–H and O–H groups in total. The number of hydrogen-bond acceptors (Lipinski definition) is 4. The molecule has 0 saturated carbocycles. The van der Waals surface area contributed by atoms with Crippen LogP contribution in [0.1, 0.15) is 23.5 Å². The summed E-state index contributed by atoms with van der Waals surface area (Å²) in [5, 5.41) is 18.7. The molecule has 0 bridgehead atoms. The highest BCUT2D eigenvalue weighted by molar-refractivity contribution is 5.94. The van der Waals surface area contributed by atoms with E-state index >= 15 is 0 Å². The summed E-state index contributed by atoms with van der Waals surface area (Å²) in [6, 6.07) is 8.12. The summed E-state index contributed by atoms with van der Waals surface area (Å²) < 4.78 is 1.07. The average Bonchev–Trinajstić information content (AvgIpc) is 2.88. The van der Waals surface area contributed by atoms with E-state index in [-0.39, 0.29) is 11.6 Å². The van der Waals surface area contributed by atoms with E-state index in [4.69, 9.17) is 5.11 Å². The summed E-state index contributed by atoms with van der Waals surface area (Å²) in [5.41, 5.74) is 0.507. The second-order valence-electron chi connectivity index (χ2n) is 3.90. The van der Waals surface area contributed by atoms with Crippen molar-refractivity contribution in [1.82, 2.24) is 15.0 Å². The zero-order valence-corrected chi connectivity index (χ0v) is 10.1. The van der Waals surface area contributed by atoms with Crippen molar-refractivity contribution in [1.29, 1.82) is 0 Å². The molecule has 1 heterocycles. The maximum atomic E-state index is 12.0. The lowest BCUT2D eigenvalue weighted by atomic mass is 10.2. The number of carbonyl (C=O) groups excluding carboxylic acids is 1. The number of rotatable bonds is 4. The van der Waals surface area contributed by atoms with E-state index in [1.165, 1.54) is 0 Å². The Hall–Kier alpha value is -2.70. The van der Waals surface area contributed by atoms with Gasteiger partial charge in [-0.15, -0.1) is 5.10 Å². The molecule has 19 heavy (non-hydrogen) atoms. The van der Waals surface area contributed by atoms with Crippen molar-refractivity contribution in [2.75, 3.05) is 5.32 Å². The second kappa shape index (κ2) is 5.30. The number of carbonyl (C=O) groups is 2. The zero-order chi connectivity index (χ0) is 13.8. The monoisotopic (exact) mass is 260 g/mol. The maximum Gasteiger partial charge on any atom is 0.355 e. The lowest BCUT2D eigenvalue weighted by Gasteiger charge is -2.13. The van der Waals surface area contributed by atoms with Crippen molar-refractivity contribution < 1.29 is 14.7 Å². The van der Waals surface area contributed by atoms with Gasteiger partial charge in [-0.2, -0.15) is 0 Å². The smallest absolute Gasteiger partial charge is 0.355 e. The molecular weight excluding hydrogens is 248 g/mol. The van der Waals surface area contributed by atoms with Gasteiger partial charge in [-0.25, -0.2) is 9.48 Å². The quantitative estimate of drug-likeness (QED) is 0.860. The van der Waals surface area contributed by atoms with E-state index in [2.05, 4.69) is 15.6 Å². The van der Waals surface area contributed by atoms with Crippen molar-refractivity contribution in [2.45, 2.75) is 13.0 Å². The number of benzene rings is 1. The Morgan fingerprint density at radius 2 is 2.00 bits per heavy atom. The van der Waals surface area contributed by atoms with E-state index < -0.39 is 12.0 Å². The molecule has 0 saturated heterocycles. The van der Waals surface area contributed by atoms with Gasteiger partial charge < -0.3 is 10.4 Å². The molecule has 0 aliphatic rings. The predicted octanol–water partition coefficient (Wildman–Crippen LogP) is 1.18. The standard InChI is InChI=1S/C12H12N4O3/c1-8(16-10(12(18)19)7-13-15-16)11(17)14-9-5-3-2-4-6-9/h2-8H,1H3,(H,14,17)(H,18,19). The first-order chi connectivity index (χ1) is 9.09. The molecule has 0 fully saturated rings. The van der Waals surface area contributed by atoms with Crippen molar-refractivity contribution in [2.24, 2.45) is 0 Å². The number of para-hydroxylation sites is 1. The van der Waals surface area contributed by atoms with Gasteiger partial charge in [0, 0.05) is 5.69 Å². The summed E-state index contributed by atoms with van der Waals surface area (Å²) >= 11 is 0. The van der Waals surface area contributed by atoms with Crippen LogP contribution >= 0.6 is 0 Å². The van der Waals surface area contributed by atoms with Gasteiger partial charge in [0.25, 0.3) is 0 Å². The van der Waals surface area contributed by atoms with Gasteiger partial charge in [0.15, 0.2) is 5.69 Å². The van der Waals surface area contributed by atoms with Gasteiger partial charge in [-0.1, -0.05) is 23.4 Å². The SMILES string of the molecule is CC(C(=O)Nc1ccccc1)n1nncc1C(=O)O. The highest BCUT2D eigenvalue weighted by Crippen LogP contribution is 2.12. The van der Waals surface area contributed by atoms with Crippen LogP contribution in [0.5, 0.6) is 0 Å². The molecule has 1 atom stereocenters. The number of carboxylic acid groups (broad SMARTS) is 1. The van der Waals surface area contributed by atoms with Crippen molar-refractivity contribution in [3.63, 3.8) is 0 Å². The topological polar surface area (TPSA) is 97.1 Å². The van der Waals surface area contributed by atoms with Gasteiger partial charge >= 0.3 is 5.97 Å². The van der Waals surface area contributed by atoms with E-state index in [0.717, 1.165) is 10.9 Å². The largest absolute Gasteiger partial charge is 0.476 e. The number of nitrogens with one attached hydrogen (secondary N) is 1. The summed E-state index contributed by atoms with van der Waals surface area (Å²) in [5.74, 6) is -1.54. The number of amides is 1. The van der Waals surface area contributed by atoms with Crippen LogP contribution in [0.25, 0.3) is 0 Å². The fourth-order valence-corrected chi connectivity index (χ4v) is 1.56. The van der Waals surface area contributed by atoms with Crippen LogP contribution in [0.2, 0.25) is 0 Å². The number of aromatic nitrogens is 3. The predicted molar refractivity (Wildman–Crippen MR) is 66.8 cm³/mol. The van der Waals surface area contributed by atoms with Gasteiger partial charge in [0.2, 0.25) is 5.91 Å². The van der Waals surface area contributed by atoms with Gasteiger partial charge in [-0.05, 0) is 19.1 Å². The Morgan fingerprint density at radius 1 is 1.32 bits per heavy atom. The molecule has 1 aromatic heterocycles. The molecule has 7 heteroatoms. The number of aromatic carboxylic acids is 1. The molecule has 1 amide bonds. The Bertz CT molecular complexity index is 594. The highest BCUT2D eigenvalue weighted by atomic mass is 16.4.